The highest BCUT2D eigenvalue weighted by Gasteiger charge is 2.47. The summed E-state index contributed by atoms with van der Waals surface area (Å²) in [6.45, 7) is 1.22. The SMILES string of the molecule is NC1(Cc2ccccc2)c2ncn(C3CCCCO3)c2NC(=NCc2ccccc2)N1c1ccc(Oc2ccccc2)cc1. The third-order valence-corrected chi connectivity index (χ3v) is 8.16. The van der Waals surface area contributed by atoms with Gasteiger partial charge in [0.2, 0.25) is 5.96 Å². The van der Waals surface area contributed by atoms with Crippen LogP contribution in [0.4, 0.5) is 11.5 Å². The lowest BCUT2D eigenvalue weighted by Gasteiger charge is -2.46. The van der Waals surface area contributed by atoms with Crippen LogP contribution in [0.3, 0.4) is 0 Å². The predicted octanol–water partition coefficient (Wildman–Crippen LogP) is 7.22. The molecule has 0 aliphatic carbocycles. The molecule has 44 heavy (non-hydrogen) atoms. The average Bonchev–Trinajstić information content (AvgIpc) is 3.51. The Hall–Kier alpha value is -4.92. The van der Waals surface area contributed by atoms with Gasteiger partial charge in [-0.05, 0) is 66.8 Å². The predicted molar refractivity (Wildman–Crippen MR) is 174 cm³/mol. The van der Waals surface area contributed by atoms with E-state index < -0.39 is 5.66 Å². The van der Waals surface area contributed by atoms with Crippen molar-refractivity contribution in [3.8, 4) is 11.5 Å². The van der Waals surface area contributed by atoms with Gasteiger partial charge in [0.15, 0.2) is 0 Å². The number of ether oxygens (including phenoxy) is 2. The molecule has 0 spiro atoms. The van der Waals surface area contributed by atoms with Crippen molar-refractivity contribution in [2.75, 3.05) is 16.8 Å². The molecule has 0 saturated carbocycles. The standard InChI is InChI=1S/C36H36N6O2/c37-36(24-27-12-4-1-5-13-27)33-34(41(26-39-33)32-18-10-11-23-43-32)40-35(38-25-28-14-6-2-7-15-28)42(36)29-19-21-31(22-20-29)44-30-16-8-3-9-17-30/h1-9,12-17,19-22,26,32H,10-11,18,23-25,37H2,(H,38,40). The number of benzene rings is 4. The van der Waals surface area contributed by atoms with E-state index in [4.69, 9.17) is 25.2 Å². The normalized spacial score (nSPS) is 20.6. The number of nitrogens with two attached hydrogens (primary N) is 1. The van der Waals surface area contributed by atoms with Crippen LogP contribution in [0.15, 0.2) is 127 Å². The molecule has 0 radical (unpaired) electrons. The van der Waals surface area contributed by atoms with Crippen molar-refractivity contribution in [2.24, 2.45) is 10.7 Å². The smallest absolute Gasteiger partial charge is 0.206 e. The molecule has 2 unspecified atom stereocenters. The number of aromatic nitrogens is 2. The van der Waals surface area contributed by atoms with E-state index in [1.807, 2.05) is 97.3 Å². The molecule has 5 aromatic rings. The molecule has 1 aromatic heterocycles. The van der Waals surface area contributed by atoms with Gasteiger partial charge in [0.1, 0.15) is 34.9 Å². The van der Waals surface area contributed by atoms with Crippen LogP contribution in [0.1, 0.15) is 42.3 Å². The molecule has 2 atom stereocenters. The van der Waals surface area contributed by atoms with Gasteiger partial charge in [-0.3, -0.25) is 9.47 Å². The Kier molecular flexibility index (Phi) is 7.83. The first-order chi connectivity index (χ1) is 21.7. The Morgan fingerprint density at radius 1 is 0.841 bits per heavy atom. The number of imidazole rings is 1. The summed E-state index contributed by atoms with van der Waals surface area (Å²) in [4.78, 5) is 12.2. The summed E-state index contributed by atoms with van der Waals surface area (Å²) < 4.78 is 14.4. The Labute approximate surface area is 257 Å². The van der Waals surface area contributed by atoms with Crippen molar-refractivity contribution in [1.29, 1.82) is 0 Å². The van der Waals surface area contributed by atoms with Gasteiger partial charge in [0.05, 0.1) is 12.9 Å². The lowest BCUT2D eigenvalue weighted by atomic mass is 9.92. The van der Waals surface area contributed by atoms with E-state index in [0.717, 1.165) is 65.7 Å². The molecule has 3 N–H and O–H groups in total. The molecule has 2 aliphatic rings. The summed E-state index contributed by atoms with van der Waals surface area (Å²) in [6.07, 6.45) is 5.35. The van der Waals surface area contributed by atoms with Crippen LogP contribution >= 0.6 is 0 Å². The van der Waals surface area contributed by atoms with Crippen LogP contribution in [0.5, 0.6) is 11.5 Å². The first kappa shape index (κ1) is 27.9. The van der Waals surface area contributed by atoms with Crippen molar-refractivity contribution in [3.63, 3.8) is 0 Å². The van der Waals surface area contributed by atoms with E-state index >= 15 is 0 Å². The second-order valence-corrected chi connectivity index (χ2v) is 11.3. The highest BCUT2D eigenvalue weighted by Crippen LogP contribution is 2.42. The maximum Gasteiger partial charge on any atom is 0.206 e. The monoisotopic (exact) mass is 584 g/mol. The molecular formula is C36H36N6O2. The van der Waals surface area contributed by atoms with Crippen molar-refractivity contribution in [3.05, 3.63) is 138 Å². The van der Waals surface area contributed by atoms with Crippen LogP contribution in [0, 0.1) is 0 Å². The lowest BCUT2D eigenvalue weighted by Crippen LogP contribution is -2.62. The third kappa shape index (κ3) is 5.69. The Bertz CT molecular complexity index is 1700. The van der Waals surface area contributed by atoms with Crippen LogP contribution < -0.4 is 20.7 Å². The maximum atomic E-state index is 7.60. The number of nitrogens with zero attached hydrogens (tertiary/aromatic N) is 4. The molecule has 1 fully saturated rings. The molecule has 7 rings (SSSR count). The minimum atomic E-state index is -1.06. The number of aliphatic imine (C=N–C) groups is 1. The van der Waals surface area contributed by atoms with Gasteiger partial charge in [-0.25, -0.2) is 9.98 Å². The zero-order valence-electron chi connectivity index (χ0n) is 24.5. The molecule has 1 saturated heterocycles. The number of para-hydroxylation sites is 1. The van der Waals surface area contributed by atoms with Crippen molar-refractivity contribution in [1.82, 2.24) is 9.55 Å². The van der Waals surface area contributed by atoms with Crippen LogP contribution in [0.25, 0.3) is 0 Å². The fourth-order valence-electron chi connectivity index (χ4n) is 5.99. The number of nitrogens with one attached hydrogen (secondary N) is 1. The zero-order valence-corrected chi connectivity index (χ0v) is 24.5. The second-order valence-electron chi connectivity index (χ2n) is 11.3. The summed E-state index contributed by atoms with van der Waals surface area (Å²) in [5.74, 6) is 2.98. The number of guanidine groups is 1. The summed E-state index contributed by atoms with van der Waals surface area (Å²) in [5.41, 5.74) is 10.4. The molecular weight excluding hydrogens is 548 g/mol. The maximum absolute atomic E-state index is 7.60. The Balaban J connectivity index is 1.33. The van der Waals surface area contributed by atoms with Crippen molar-refractivity contribution < 1.29 is 9.47 Å². The van der Waals surface area contributed by atoms with Gasteiger partial charge in [-0.15, -0.1) is 0 Å². The fraction of sp³-hybridized carbons (Fsp3) is 0.222. The number of anilines is 2. The average molecular weight is 585 g/mol. The molecule has 8 nitrogen and oxygen atoms in total. The largest absolute Gasteiger partial charge is 0.457 e. The quantitative estimate of drug-likeness (QED) is 0.200. The highest BCUT2D eigenvalue weighted by molar-refractivity contribution is 6.08. The number of fused-ring (bicyclic) bond motifs is 1. The lowest BCUT2D eigenvalue weighted by molar-refractivity contribution is -0.0308. The molecule has 2 aliphatic heterocycles. The minimum Gasteiger partial charge on any atom is -0.457 e. The fourth-order valence-corrected chi connectivity index (χ4v) is 5.99. The highest BCUT2D eigenvalue weighted by atomic mass is 16.5. The van der Waals surface area contributed by atoms with Gasteiger partial charge >= 0.3 is 0 Å². The molecule has 222 valence electrons. The number of hydrogen-bond acceptors (Lipinski definition) is 5. The van der Waals surface area contributed by atoms with Gasteiger partial charge in [0.25, 0.3) is 0 Å². The Morgan fingerprint density at radius 2 is 1.50 bits per heavy atom. The van der Waals surface area contributed by atoms with Gasteiger partial charge in [-0.2, -0.15) is 0 Å². The van der Waals surface area contributed by atoms with Crippen molar-refractivity contribution >= 4 is 17.5 Å². The molecule has 4 aromatic carbocycles. The van der Waals surface area contributed by atoms with E-state index in [-0.39, 0.29) is 6.23 Å². The molecule has 3 heterocycles. The first-order valence-corrected chi connectivity index (χ1v) is 15.2. The third-order valence-electron chi connectivity index (χ3n) is 8.16. The van der Waals surface area contributed by atoms with Crippen molar-refractivity contribution in [2.45, 2.75) is 44.1 Å². The zero-order chi connectivity index (χ0) is 29.8. The Morgan fingerprint density at radius 3 is 2.18 bits per heavy atom. The molecule has 0 bridgehead atoms. The molecule has 8 heteroatoms. The summed E-state index contributed by atoms with van der Waals surface area (Å²) in [7, 11) is 0. The number of rotatable bonds is 8. The summed E-state index contributed by atoms with van der Waals surface area (Å²) in [5, 5.41) is 3.64. The molecule has 0 amide bonds. The van der Waals surface area contributed by atoms with Gasteiger partial charge in [-0.1, -0.05) is 78.9 Å². The van der Waals surface area contributed by atoms with Crippen LogP contribution in [-0.2, 0) is 23.4 Å². The van der Waals surface area contributed by atoms with E-state index in [0.29, 0.717) is 18.9 Å². The minimum absolute atomic E-state index is 0.107. The van der Waals surface area contributed by atoms with E-state index in [1.165, 1.54) is 0 Å². The van der Waals surface area contributed by atoms with Gasteiger partial charge in [0, 0.05) is 18.7 Å². The summed E-state index contributed by atoms with van der Waals surface area (Å²) >= 11 is 0. The van der Waals surface area contributed by atoms with E-state index in [1.54, 1.807) is 0 Å². The van der Waals surface area contributed by atoms with Crippen LogP contribution in [0.2, 0.25) is 0 Å². The summed E-state index contributed by atoms with van der Waals surface area (Å²) in [6, 6.07) is 38.3. The second kappa shape index (κ2) is 12.4. The van der Waals surface area contributed by atoms with Crippen LogP contribution in [-0.4, -0.2) is 22.1 Å². The van der Waals surface area contributed by atoms with Gasteiger partial charge < -0.3 is 20.5 Å². The van der Waals surface area contributed by atoms with E-state index in [9.17, 15) is 0 Å². The first-order valence-electron chi connectivity index (χ1n) is 15.2. The van der Waals surface area contributed by atoms with E-state index in [2.05, 4.69) is 39.0 Å². The number of hydrogen-bond donors (Lipinski definition) is 2. The topological polar surface area (TPSA) is 89.9 Å².